The number of ether oxygens (including phenoxy) is 3. The van der Waals surface area contributed by atoms with Crippen molar-refractivity contribution in [1.82, 2.24) is 4.57 Å². The average molecular weight is 303 g/mol. The predicted molar refractivity (Wildman–Crippen MR) is 83.1 cm³/mol. The lowest BCUT2D eigenvalue weighted by molar-refractivity contribution is 0.0152. The van der Waals surface area contributed by atoms with E-state index < -0.39 is 0 Å². The summed E-state index contributed by atoms with van der Waals surface area (Å²) in [7, 11) is 1.65. The molecule has 1 aliphatic rings. The molecule has 2 heterocycles. The maximum Gasteiger partial charge on any atom is 0.355 e. The zero-order valence-corrected chi connectivity index (χ0v) is 12.8. The Bertz CT molecular complexity index is 643. The number of para-hydroxylation sites is 1. The Kier molecular flexibility index (Phi) is 4.75. The molecule has 1 aromatic heterocycles. The van der Waals surface area contributed by atoms with Crippen LogP contribution in [0.2, 0.25) is 0 Å². The van der Waals surface area contributed by atoms with Crippen molar-refractivity contribution in [2.45, 2.75) is 25.5 Å². The Balaban J connectivity index is 1.79. The minimum atomic E-state index is -0.303. The zero-order chi connectivity index (χ0) is 15.4. The summed E-state index contributed by atoms with van der Waals surface area (Å²) in [5, 5.41) is 1.03. The van der Waals surface area contributed by atoms with E-state index in [1.165, 1.54) is 0 Å². The summed E-state index contributed by atoms with van der Waals surface area (Å²) in [6.45, 7) is 2.25. The molecular formula is C17H21NO4. The average Bonchev–Trinajstić information content (AvgIpc) is 3.18. The molecule has 0 bridgehead atoms. The number of rotatable bonds is 6. The Labute approximate surface area is 129 Å². The standard InChI is InChI=1S/C17H21NO4/c1-20-10-8-18-15-7-3-2-5-13(15)11-16(18)17(19)22-12-14-6-4-9-21-14/h2-3,5,7,11,14H,4,6,8-10,12H2,1H3/t14-/m1/s1. The van der Waals surface area contributed by atoms with Crippen LogP contribution in [-0.2, 0) is 20.8 Å². The number of carbonyl (C=O) groups is 1. The molecule has 5 heteroatoms. The molecule has 3 rings (SSSR count). The van der Waals surface area contributed by atoms with Gasteiger partial charge in [-0.15, -0.1) is 0 Å². The fourth-order valence-electron chi connectivity index (χ4n) is 2.82. The molecule has 0 spiro atoms. The van der Waals surface area contributed by atoms with Gasteiger partial charge in [-0.1, -0.05) is 18.2 Å². The number of benzene rings is 1. The molecule has 5 nitrogen and oxygen atoms in total. The fraction of sp³-hybridized carbons (Fsp3) is 0.471. The van der Waals surface area contributed by atoms with Crippen molar-refractivity contribution >= 4 is 16.9 Å². The van der Waals surface area contributed by atoms with E-state index in [-0.39, 0.29) is 12.1 Å². The summed E-state index contributed by atoms with van der Waals surface area (Å²) in [6, 6.07) is 9.80. The lowest BCUT2D eigenvalue weighted by Crippen LogP contribution is -2.20. The van der Waals surface area contributed by atoms with Gasteiger partial charge in [-0.25, -0.2) is 4.79 Å². The lowest BCUT2D eigenvalue weighted by Gasteiger charge is -2.12. The molecule has 0 saturated carbocycles. The number of esters is 1. The van der Waals surface area contributed by atoms with Gasteiger partial charge in [0.1, 0.15) is 12.3 Å². The second-order valence-electron chi connectivity index (χ2n) is 5.47. The van der Waals surface area contributed by atoms with Crippen LogP contribution in [0.5, 0.6) is 0 Å². The van der Waals surface area contributed by atoms with Gasteiger partial charge in [0.25, 0.3) is 0 Å². The van der Waals surface area contributed by atoms with E-state index >= 15 is 0 Å². The van der Waals surface area contributed by atoms with Crippen LogP contribution in [0, 0.1) is 0 Å². The summed E-state index contributed by atoms with van der Waals surface area (Å²) in [5.41, 5.74) is 1.58. The highest BCUT2D eigenvalue weighted by Crippen LogP contribution is 2.21. The van der Waals surface area contributed by atoms with Crippen LogP contribution < -0.4 is 0 Å². The van der Waals surface area contributed by atoms with Crippen LogP contribution >= 0.6 is 0 Å². The fourth-order valence-corrected chi connectivity index (χ4v) is 2.82. The smallest absolute Gasteiger partial charge is 0.355 e. The Hall–Kier alpha value is -1.85. The van der Waals surface area contributed by atoms with Crippen molar-refractivity contribution < 1.29 is 19.0 Å². The van der Waals surface area contributed by atoms with Crippen LogP contribution in [-0.4, -0.2) is 43.6 Å². The lowest BCUT2D eigenvalue weighted by atomic mass is 10.2. The van der Waals surface area contributed by atoms with Crippen molar-refractivity contribution in [3.63, 3.8) is 0 Å². The Morgan fingerprint density at radius 3 is 3.05 bits per heavy atom. The first-order chi connectivity index (χ1) is 10.8. The summed E-state index contributed by atoms with van der Waals surface area (Å²) in [5.74, 6) is -0.303. The third-order valence-electron chi connectivity index (χ3n) is 3.96. The van der Waals surface area contributed by atoms with Gasteiger partial charge in [0, 0.05) is 31.2 Å². The third-order valence-corrected chi connectivity index (χ3v) is 3.96. The number of fused-ring (bicyclic) bond motifs is 1. The molecule has 1 aliphatic heterocycles. The summed E-state index contributed by atoms with van der Waals surface area (Å²) in [6.07, 6.45) is 2.04. The molecule has 0 N–H and O–H groups in total. The zero-order valence-electron chi connectivity index (χ0n) is 12.8. The summed E-state index contributed by atoms with van der Waals surface area (Å²) < 4.78 is 18.0. The second-order valence-corrected chi connectivity index (χ2v) is 5.47. The molecule has 0 amide bonds. The highest BCUT2D eigenvalue weighted by Gasteiger charge is 2.21. The van der Waals surface area contributed by atoms with Gasteiger partial charge in [0.15, 0.2) is 0 Å². The van der Waals surface area contributed by atoms with E-state index in [1.807, 2.05) is 34.9 Å². The molecule has 0 aliphatic carbocycles. The van der Waals surface area contributed by atoms with E-state index in [1.54, 1.807) is 7.11 Å². The van der Waals surface area contributed by atoms with Crippen LogP contribution in [0.3, 0.4) is 0 Å². The molecule has 1 aromatic carbocycles. The van der Waals surface area contributed by atoms with Crippen molar-refractivity contribution in [3.05, 3.63) is 36.0 Å². The predicted octanol–water partition coefficient (Wildman–Crippen LogP) is 2.62. The van der Waals surface area contributed by atoms with Crippen LogP contribution in [0.4, 0.5) is 0 Å². The first-order valence-electron chi connectivity index (χ1n) is 7.65. The minimum absolute atomic E-state index is 0.0424. The number of hydrogen-bond donors (Lipinski definition) is 0. The number of hydrogen-bond acceptors (Lipinski definition) is 4. The summed E-state index contributed by atoms with van der Waals surface area (Å²) in [4.78, 5) is 12.4. The van der Waals surface area contributed by atoms with E-state index in [2.05, 4.69) is 0 Å². The SMILES string of the molecule is COCCn1c(C(=O)OC[C@H]2CCCO2)cc2ccccc21. The largest absolute Gasteiger partial charge is 0.458 e. The Morgan fingerprint density at radius 1 is 1.41 bits per heavy atom. The van der Waals surface area contributed by atoms with Crippen molar-refractivity contribution in [1.29, 1.82) is 0 Å². The number of carbonyl (C=O) groups excluding carboxylic acids is 1. The van der Waals surface area contributed by atoms with Gasteiger partial charge in [-0.05, 0) is 25.0 Å². The molecule has 1 saturated heterocycles. The van der Waals surface area contributed by atoms with E-state index in [0.717, 1.165) is 30.4 Å². The molecular weight excluding hydrogens is 282 g/mol. The second kappa shape index (κ2) is 6.94. The third kappa shape index (κ3) is 3.15. The van der Waals surface area contributed by atoms with Gasteiger partial charge < -0.3 is 18.8 Å². The van der Waals surface area contributed by atoms with Crippen molar-refractivity contribution in [3.8, 4) is 0 Å². The number of aromatic nitrogens is 1. The van der Waals surface area contributed by atoms with E-state index in [0.29, 0.717) is 25.5 Å². The van der Waals surface area contributed by atoms with Crippen LogP contribution in [0.1, 0.15) is 23.3 Å². The van der Waals surface area contributed by atoms with Gasteiger partial charge in [-0.2, -0.15) is 0 Å². The highest BCUT2D eigenvalue weighted by molar-refractivity contribution is 5.95. The van der Waals surface area contributed by atoms with Gasteiger partial charge in [0.2, 0.25) is 0 Å². The molecule has 118 valence electrons. The van der Waals surface area contributed by atoms with Crippen molar-refractivity contribution in [2.24, 2.45) is 0 Å². The molecule has 1 atom stereocenters. The van der Waals surface area contributed by atoms with E-state index in [9.17, 15) is 4.79 Å². The van der Waals surface area contributed by atoms with E-state index in [4.69, 9.17) is 14.2 Å². The van der Waals surface area contributed by atoms with Gasteiger partial charge in [-0.3, -0.25) is 0 Å². The molecule has 0 unspecified atom stereocenters. The normalized spacial score (nSPS) is 18.0. The molecule has 22 heavy (non-hydrogen) atoms. The maximum absolute atomic E-state index is 12.4. The first-order valence-corrected chi connectivity index (χ1v) is 7.65. The number of nitrogens with zero attached hydrogens (tertiary/aromatic N) is 1. The first kappa shape index (κ1) is 15.1. The number of methoxy groups -OCH3 is 1. The highest BCUT2D eigenvalue weighted by atomic mass is 16.6. The van der Waals surface area contributed by atoms with Gasteiger partial charge in [0.05, 0.1) is 12.7 Å². The van der Waals surface area contributed by atoms with Crippen molar-refractivity contribution in [2.75, 3.05) is 26.9 Å². The molecule has 2 aromatic rings. The van der Waals surface area contributed by atoms with Crippen LogP contribution in [0.25, 0.3) is 10.9 Å². The monoisotopic (exact) mass is 303 g/mol. The quantitative estimate of drug-likeness (QED) is 0.770. The Morgan fingerprint density at radius 2 is 2.27 bits per heavy atom. The molecule has 0 radical (unpaired) electrons. The maximum atomic E-state index is 12.4. The summed E-state index contributed by atoms with van der Waals surface area (Å²) >= 11 is 0. The van der Waals surface area contributed by atoms with Gasteiger partial charge >= 0.3 is 5.97 Å². The van der Waals surface area contributed by atoms with Crippen LogP contribution in [0.15, 0.2) is 30.3 Å². The molecule has 1 fully saturated rings. The minimum Gasteiger partial charge on any atom is -0.458 e. The topological polar surface area (TPSA) is 49.7 Å².